The minimum absolute atomic E-state index is 0.00814. The Morgan fingerprint density at radius 2 is 2.11 bits per heavy atom. The largest absolute Gasteiger partial charge is 0.492 e. The van der Waals surface area contributed by atoms with E-state index < -0.39 is 0 Å². The van der Waals surface area contributed by atoms with Gasteiger partial charge < -0.3 is 9.64 Å². The fourth-order valence-corrected chi connectivity index (χ4v) is 1.63. The summed E-state index contributed by atoms with van der Waals surface area (Å²) in [6.45, 7) is 0.290. The van der Waals surface area contributed by atoms with Crippen molar-refractivity contribution >= 4 is 29.0 Å². The summed E-state index contributed by atoms with van der Waals surface area (Å²) in [5.74, 6) is 0.541. The lowest BCUT2D eigenvalue weighted by Crippen LogP contribution is -2.06. The van der Waals surface area contributed by atoms with E-state index in [9.17, 15) is 4.79 Å². The maximum absolute atomic E-state index is 11.4. The number of hydrogen-bond donors (Lipinski definition) is 0. The first-order valence-electron chi connectivity index (χ1n) is 5.44. The molecule has 3 nitrogen and oxygen atoms in total. The van der Waals surface area contributed by atoms with Crippen molar-refractivity contribution in [1.82, 2.24) is 4.90 Å². The topological polar surface area (TPSA) is 29.5 Å². The van der Waals surface area contributed by atoms with E-state index in [-0.39, 0.29) is 12.4 Å². The second kappa shape index (κ2) is 7.29. The zero-order valence-corrected chi connectivity index (χ0v) is 11.8. The Morgan fingerprint density at radius 3 is 2.72 bits per heavy atom. The Balaban J connectivity index is 2.40. The van der Waals surface area contributed by atoms with Crippen molar-refractivity contribution in [2.75, 3.05) is 20.7 Å². The van der Waals surface area contributed by atoms with Gasteiger partial charge in [-0.15, -0.1) is 0 Å². The Hall–Kier alpha value is -1.19. The van der Waals surface area contributed by atoms with E-state index in [1.807, 2.05) is 14.1 Å². The standard InChI is InChI=1S/C13H15Cl2NO2/c1-16(2)7-5-11(17)6-8-18-13-4-3-10(14)9-12(13)15/h3-5,7,9H,6,8H2,1-2H3. The average Bonchev–Trinajstić information content (AvgIpc) is 2.29. The van der Waals surface area contributed by atoms with Gasteiger partial charge in [0.2, 0.25) is 0 Å². The number of benzene rings is 1. The minimum atomic E-state index is 0.00814. The molecule has 0 amide bonds. The van der Waals surface area contributed by atoms with E-state index >= 15 is 0 Å². The maximum Gasteiger partial charge on any atom is 0.160 e. The number of ether oxygens (including phenoxy) is 1. The van der Waals surface area contributed by atoms with Crippen molar-refractivity contribution in [3.8, 4) is 5.75 Å². The molecule has 0 saturated carbocycles. The zero-order valence-electron chi connectivity index (χ0n) is 10.3. The highest BCUT2D eigenvalue weighted by atomic mass is 35.5. The lowest BCUT2D eigenvalue weighted by Gasteiger charge is -2.07. The molecule has 98 valence electrons. The van der Waals surface area contributed by atoms with Crippen molar-refractivity contribution in [2.45, 2.75) is 6.42 Å². The molecule has 1 aromatic rings. The van der Waals surface area contributed by atoms with Crippen LogP contribution in [0.15, 0.2) is 30.5 Å². The fourth-order valence-electron chi connectivity index (χ4n) is 1.17. The van der Waals surface area contributed by atoms with Crippen LogP contribution in [0.25, 0.3) is 0 Å². The van der Waals surface area contributed by atoms with Crippen LogP contribution in [0, 0.1) is 0 Å². The van der Waals surface area contributed by atoms with Gasteiger partial charge in [-0.3, -0.25) is 4.79 Å². The lowest BCUT2D eigenvalue weighted by molar-refractivity contribution is -0.115. The van der Waals surface area contributed by atoms with Crippen LogP contribution >= 0.6 is 23.2 Å². The third kappa shape index (κ3) is 5.43. The predicted molar refractivity (Wildman–Crippen MR) is 74.4 cm³/mol. The minimum Gasteiger partial charge on any atom is -0.492 e. The molecule has 0 N–H and O–H groups in total. The Kier molecular flexibility index (Phi) is 6.02. The van der Waals surface area contributed by atoms with Gasteiger partial charge in [-0.25, -0.2) is 0 Å². The first kappa shape index (κ1) is 14.9. The van der Waals surface area contributed by atoms with Gasteiger partial charge in [0, 0.05) is 31.7 Å². The van der Waals surface area contributed by atoms with Crippen LogP contribution in [0.4, 0.5) is 0 Å². The molecular weight excluding hydrogens is 273 g/mol. The number of rotatable bonds is 6. The average molecular weight is 288 g/mol. The number of carbonyl (C=O) groups is 1. The molecule has 0 spiro atoms. The molecule has 5 heteroatoms. The van der Waals surface area contributed by atoms with E-state index in [2.05, 4.69) is 0 Å². The zero-order chi connectivity index (χ0) is 13.5. The van der Waals surface area contributed by atoms with Crippen LogP contribution in [0.5, 0.6) is 5.75 Å². The van der Waals surface area contributed by atoms with Gasteiger partial charge >= 0.3 is 0 Å². The number of carbonyl (C=O) groups excluding carboxylic acids is 1. The summed E-state index contributed by atoms with van der Waals surface area (Å²) in [5, 5.41) is 0.996. The molecule has 0 aliphatic heterocycles. The molecule has 0 heterocycles. The van der Waals surface area contributed by atoms with Crippen LogP contribution in [0.1, 0.15) is 6.42 Å². The van der Waals surface area contributed by atoms with Gasteiger partial charge in [0.15, 0.2) is 5.78 Å². The van der Waals surface area contributed by atoms with Crippen LogP contribution in [-0.4, -0.2) is 31.4 Å². The second-order valence-electron chi connectivity index (χ2n) is 3.92. The summed E-state index contributed by atoms with van der Waals surface area (Å²) in [4.78, 5) is 13.2. The smallest absolute Gasteiger partial charge is 0.160 e. The number of nitrogens with zero attached hydrogens (tertiary/aromatic N) is 1. The highest BCUT2D eigenvalue weighted by Gasteiger charge is 2.03. The molecule has 0 saturated heterocycles. The lowest BCUT2D eigenvalue weighted by atomic mass is 10.3. The van der Waals surface area contributed by atoms with Gasteiger partial charge in [0.1, 0.15) is 5.75 Å². The third-order valence-electron chi connectivity index (χ3n) is 2.06. The van der Waals surface area contributed by atoms with E-state index in [0.29, 0.717) is 22.2 Å². The summed E-state index contributed by atoms with van der Waals surface area (Å²) in [6, 6.07) is 4.98. The molecule has 0 aliphatic rings. The first-order chi connectivity index (χ1) is 8.49. The highest BCUT2D eigenvalue weighted by Crippen LogP contribution is 2.27. The number of ketones is 1. The second-order valence-corrected chi connectivity index (χ2v) is 4.76. The van der Waals surface area contributed by atoms with Crippen molar-refractivity contribution in [3.63, 3.8) is 0 Å². The Bertz CT molecular complexity index is 445. The molecule has 0 bridgehead atoms. The number of halogens is 2. The number of hydrogen-bond acceptors (Lipinski definition) is 3. The molecule has 1 rings (SSSR count). The summed E-state index contributed by atoms with van der Waals surface area (Å²) in [5.41, 5.74) is 0. The monoisotopic (exact) mass is 287 g/mol. The van der Waals surface area contributed by atoms with Crippen LogP contribution in [-0.2, 0) is 4.79 Å². The summed E-state index contributed by atoms with van der Waals surface area (Å²) >= 11 is 11.7. The molecule has 0 fully saturated rings. The SMILES string of the molecule is CN(C)C=CC(=O)CCOc1ccc(Cl)cc1Cl. The normalized spacial score (nSPS) is 10.7. The van der Waals surface area contributed by atoms with Gasteiger partial charge in [-0.05, 0) is 24.3 Å². The van der Waals surface area contributed by atoms with Gasteiger partial charge in [-0.2, -0.15) is 0 Å². The predicted octanol–water partition coefficient (Wildman–Crippen LogP) is 3.41. The quantitative estimate of drug-likeness (QED) is 0.751. The molecule has 0 aliphatic carbocycles. The van der Waals surface area contributed by atoms with Crippen LogP contribution in [0.3, 0.4) is 0 Å². The summed E-state index contributed by atoms with van der Waals surface area (Å²) in [6.07, 6.45) is 3.54. The van der Waals surface area contributed by atoms with E-state index in [4.69, 9.17) is 27.9 Å². The summed E-state index contributed by atoms with van der Waals surface area (Å²) < 4.78 is 5.41. The molecule has 18 heavy (non-hydrogen) atoms. The van der Waals surface area contributed by atoms with E-state index in [0.717, 1.165) is 0 Å². The maximum atomic E-state index is 11.4. The van der Waals surface area contributed by atoms with Gasteiger partial charge in [0.25, 0.3) is 0 Å². The molecule has 0 radical (unpaired) electrons. The van der Waals surface area contributed by atoms with Crippen LogP contribution in [0.2, 0.25) is 10.0 Å². The molecule has 1 aromatic carbocycles. The Labute approximate surface area is 117 Å². The summed E-state index contributed by atoms with van der Waals surface area (Å²) in [7, 11) is 3.71. The van der Waals surface area contributed by atoms with Crippen LogP contribution < -0.4 is 4.74 Å². The molecule has 0 unspecified atom stereocenters. The molecule has 0 atom stereocenters. The Morgan fingerprint density at radius 1 is 1.39 bits per heavy atom. The van der Waals surface area contributed by atoms with Crippen molar-refractivity contribution < 1.29 is 9.53 Å². The number of allylic oxidation sites excluding steroid dienone is 1. The molecular formula is C13H15Cl2NO2. The van der Waals surface area contributed by atoms with Crippen molar-refractivity contribution in [1.29, 1.82) is 0 Å². The van der Waals surface area contributed by atoms with Gasteiger partial charge in [-0.1, -0.05) is 23.2 Å². The van der Waals surface area contributed by atoms with Crippen molar-refractivity contribution in [2.24, 2.45) is 0 Å². The first-order valence-corrected chi connectivity index (χ1v) is 6.20. The third-order valence-corrected chi connectivity index (χ3v) is 2.59. The van der Waals surface area contributed by atoms with Gasteiger partial charge in [0.05, 0.1) is 11.6 Å². The fraction of sp³-hybridized carbons (Fsp3) is 0.308. The van der Waals surface area contributed by atoms with E-state index in [1.54, 1.807) is 29.3 Å². The highest BCUT2D eigenvalue weighted by molar-refractivity contribution is 6.35. The van der Waals surface area contributed by atoms with E-state index in [1.165, 1.54) is 6.08 Å². The van der Waals surface area contributed by atoms with Crippen molar-refractivity contribution in [3.05, 3.63) is 40.5 Å². The molecule has 0 aromatic heterocycles.